The quantitative estimate of drug-likeness (QED) is 0.229. The fourth-order valence-electron chi connectivity index (χ4n) is 4.19. The lowest BCUT2D eigenvalue weighted by Crippen LogP contribution is -2.52. The molecule has 12 heteroatoms. The van der Waals surface area contributed by atoms with Gasteiger partial charge in [0, 0.05) is 18.1 Å². The normalized spacial score (nSPS) is 12.1. The van der Waals surface area contributed by atoms with E-state index < -0.39 is 28.5 Å². The SMILES string of the molecule is CCC(C(=O)NCC(C)C)N(Cc1ccc(Cl)c(Cl)c1)C(=O)CN(c1ccc(Cl)cc1)S(=O)(=O)c1ccc(OC)cc1. The van der Waals surface area contributed by atoms with Gasteiger partial charge in [-0.15, -0.1) is 0 Å². The molecule has 226 valence electrons. The topological polar surface area (TPSA) is 96.0 Å². The summed E-state index contributed by atoms with van der Waals surface area (Å²) in [5.41, 5.74) is 0.860. The molecule has 8 nitrogen and oxygen atoms in total. The van der Waals surface area contributed by atoms with Crippen LogP contribution in [0.2, 0.25) is 15.1 Å². The number of amides is 2. The minimum absolute atomic E-state index is 0.000366. The predicted molar refractivity (Wildman–Crippen MR) is 168 cm³/mol. The fraction of sp³-hybridized carbons (Fsp3) is 0.333. The van der Waals surface area contributed by atoms with Crippen LogP contribution in [0.3, 0.4) is 0 Å². The van der Waals surface area contributed by atoms with Gasteiger partial charge in [0.25, 0.3) is 10.0 Å². The molecule has 0 aliphatic heterocycles. The van der Waals surface area contributed by atoms with Crippen molar-refractivity contribution in [3.63, 3.8) is 0 Å². The lowest BCUT2D eigenvalue weighted by molar-refractivity contribution is -0.140. The van der Waals surface area contributed by atoms with Gasteiger partial charge in [-0.05, 0) is 78.6 Å². The minimum Gasteiger partial charge on any atom is -0.497 e. The number of halogens is 3. The molecular weight excluding hydrogens is 621 g/mol. The van der Waals surface area contributed by atoms with E-state index in [0.717, 1.165) is 4.31 Å². The van der Waals surface area contributed by atoms with Gasteiger partial charge in [0.15, 0.2) is 0 Å². The Balaban J connectivity index is 2.06. The van der Waals surface area contributed by atoms with Crippen molar-refractivity contribution >= 4 is 62.3 Å². The molecule has 0 saturated carbocycles. The smallest absolute Gasteiger partial charge is 0.264 e. The van der Waals surface area contributed by atoms with Gasteiger partial charge in [0.05, 0.1) is 27.7 Å². The molecule has 0 saturated heterocycles. The van der Waals surface area contributed by atoms with Crippen LogP contribution in [0.4, 0.5) is 5.69 Å². The van der Waals surface area contributed by atoms with E-state index in [1.54, 1.807) is 37.3 Å². The van der Waals surface area contributed by atoms with Crippen LogP contribution in [-0.2, 0) is 26.2 Å². The van der Waals surface area contributed by atoms with Gasteiger partial charge >= 0.3 is 0 Å². The second kappa shape index (κ2) is 15.0. The van der Waals surface area contributed by atoms with Gasteiger partial charge < -0.3 is 15.0 Å². The molecule has 3 aromatic carbocycles. The Morgan fingerprint density at radius 1 is 0.929 bits per heavy atom. The number of benzene rings is 3. The molecule has 0 aromatic heterocycles. The van der Waals surface area contributed by atoms with Crippen LogP contribution >= 0.6 is 34.8 Å². The van der Waals surface area contributed by atoms with Crippen molar-refractivity contribution in [2.45, 2.75) is 44.7 Å². The number of hydrogen-bond donors (Lipinski definition) is 1. The molecule has 42 heavy (non-hydrogen) atoms. The zero-order chi connectivity index (χ0) is 31.0. The van der Waals surface area contributed by atoms with Crippen molar-refractivity contribution < 1.29 is 22.7 Å². The van der Waals surface area contributed by atoms with E-state index in [1.807, 2.05) is 13.8 Å². The van der Waals surface area contributed by atoms with E-state index >= 15 is 0 Å². The molecule has 3 aromatic rings. The average Bonchev–Trinajstić information content (AvgIpc) is 2.96. The van der Waals surface area contributed by atoms with Crippen molar-refractivity contribution in [1.29, 1.82) is 0 Å². The molecular formula is C30H34Cl3N3O5S. The number of anilines is 1. The highest BCUT2D eigenvalue weighted by molar-refractivity contribution is 7.92. The molecule has 1 N–H and O–H groups in total. The summed E-state index contributed by atoms with van der Waals surface area (Å²) in [6.07, 6.45) is 0.295. The fourth-order valence-corrected chi connectivity index (χ4v) is 6.05. The predicted octanol–water partition coefficient (Wildman–Crippen LogP) is 6.43. The highest BCUT2D eigenvalue weighted by Crippen LogP contribution is 2.28. The zero-order valence-corrected chi connectivity index (χ0v) is 26.9. The Kier molecular flexibility index (Phi) is 11.9. The molecule has 0 radical (unpaired) electrons. The summed E-state index contributed by atoms with van der Waals surface area (Å²) >= 11 is 18.4. The summed E-state index contributed by atoms with van der Waals surface area (Å²) in [6, 6.07) is 16.0. The Hall–Kier alpha value is -2.98. The van der Waals surface area contributed by atoms with E-state index in [1.165, 1.54) is 48.4 Å². The molecule has 1 atom stereocenters. The van der Waals surface area contributed by atoms with E-state index in [2.05, 4.69) is 5.32 Å². The van der Waals surface area contributed by atoms with Crippen molar-refractivity contribution in [3.8, 4) is 5.75 Å². The highest BCUT2D eigenvalue weighted by atomic mass is 35.5. The van der Waals surface area contributed by atoms with Crippen molar-refractivity contribution in [2.24, 2.45) is 5.92 Å². The third-order valence-electron chi connectivity index (χ3n) is 6.45. The van der Waals surface area contributed by atoms with Crippen LogP contribution in [0.15, 0.2) is 71.6 Å². The van der Waals surface area contributed by atoms with Gasteiger partial charge in [-0.1, -0.05) is 61.6 Å². The monoisotopic (exact) mass is 653 g/mol. The van der Waals surface area contributed by atoms with Crippen molar-refractivity contribution in [2.75, 3.05) is 24.5 Å². The zero-order valence-electron chi connectivity index (χ0n) is 23.8. The second-order valence-corrected chi connectivity index (χ2v) is 13.1. The van der Waals surface area contributed by atoms with Crippen molar-refractivity contribution in [3.05, 3.63) is 87.4 Å². The van der Waals surface area contributed by atoms with Gasteiger partial charge in [0.1, 0.15) is 18.3 Å². The molecule has 0 aliphatic carbocycles. The maximum absolute atomic E-state index is 14.1. The van der Waals surface area contributed by atoms with E-state index in [9.17, 15) is 18.0 Å². The number of methoxy groups -OCH3 is 1. The molecule has 0 spiro atoms. The Morgan fingerprint density at radius 2 is 1.57 bits per heavy atom. The summed E-state index contributed by atoms with van der Waals surface area (Å²) in [7, 11) is -2.75. The first-order valence-electron chi connectivity index (χ1n) is 13.3. The first-order chi connectivity index (χ1) is 19.9. The number of hydrogen-bond acceptors (Lipinski definition) is 5. The number of carbonyl (C=O) groups is 2. The standard InChI is InChI=1S/C30H34Cl3N3O5S/c1-5-28(30(38)34-17-20(2)3)35(18-21-6-15-26(32)27(33)16-21)29(37)19-36(23-9-7-22(31)8-10-23)42(39,40)25-13-11-24(41-4)12-14-25/h6-16,20,28H,5,17-19H2,1-4H3,(H,34,38). The van der Waals surface area contributed by atoms with Crippen LogP contribution in [0, 0.1) is 5.92 Å². The summed E-state index contributed by atoms with van der Waals surface area (Å²) < 4.78 is 34.0. The molecule has 2 amide bonds. The van der Waals surface area contributed by atoms with Crippen LogP contribution in [0.25, 0.3) is 0 Å². The van der Waals surface area contributed by atoms with Crippen LogP contribution in [0.1, 0.15) is 32.8 Å². The minimum atomic E-state index is -4.23. The molecule has 0 aliphatic rings. The largest absolute Gasteiger partial charge is 0.497 e. The number of ether oxygens (including phenoxy) is 1. The molecule has 0 fully saturated rings. The first kappa shape index (κ1) is 33.5. The number of sulfonamides is 1. The van der Waals surface area contributed by atoms with Crippen LogP contribution in [0.5, 0.6) is 5.75 Å². The Bertz CT molecular complexity index is 1480. The first-order valence-corrected chi connectivity index (χ1v) is 15.9. The summed E-state index contributed by atoms with van der Waals surface area (Å²) in [4.78, 5) is 28.7. The van der Waals surface area contributed by atoms with Gasteiger partial charge in [-0.2, -0.15) is 0 Å². The Labute approximate surface area is 262 Å². The summed E-state index contributed by atoms with van der Waals surface area (Å²) in [5, 5.41) is 3.94. The summed E-state index contributed by atoms with van der Waals surface area (Å²) in [5.74, 6) is -0.245. The third kappa shape index (κ3) is 8.53. The van der Waals surface area contributed by atoms with E-state index in [-0.39, 0.29) is 29.0 Å². The molecule has 3 rings (SSSR count). The third-order valence-corrected chi connectivity index (χ3v) is 9.23. The van der Waals surface area contributed by atoms with Gasteiger partial charge in [-0.3, -0.25) is 13.9 Å². The maximum atomic E-state index is 14.1. The van der Waals surface area contributed by atoms with Gasteiger partial charge in [-0.25, -0.2) is 8.42 Å². The van der Waals surface area contributed by atoms with Crippen molar-refractivity contribution in [1.82, 2.24) is 10.2 Å². The van der Waals surface area contributed by atoms with E-state index in [4.69, 9.17) is 39.5 Å². The lowest BCUT2D eigenvalue weighted by Gasteiger charge is -2.33. The van der Waals surface area contributed by atoms with Crippen LogP contribution < -0.4 is 14.4 Å². The number of nitrogens with zero attached hydrogens (tertiary/aromatic N) is 2. The molecule has 1 unspecified atom stereocenters. The molecule has 0 heterocycles. The van der Waals surface area contributed by atoms with E-state index in [0.29, 0.717) is 39.3 Å². The van der Waals surface area contributed by atoms with Gasteiger partial charge in [0.2, 0.25) is 11.8 Å². The number of rotatable bonds is 13. The Morgan fingerprint density at radius 3 is 2.12 bits per heavy atom. The molecule has 0 bridgehead atoms. The maximum Gasteiger partial charge on any atom is 0.264 e. The number of carbonyl (C=O) groups excluding carboxylic acids is 2. The summed E-state index contributed by atoms with van der Waals surface area (Å²) in [6.45, 7) is 5.57. The highest BCUT2D eigenvalue weighted by Gasteiger charge is 2.33. The lowest BCUT2D eigenvalue weighted by atomic mass is 10.1. The second-order valence-electron chi connectivity index (χ2n) is 10.00. The average molecular weight is 655 g/mol. The number of nitrogens with one attached hydrogen (secondary N) is 1. The van der Waals surface area contributed by atoms with Crippen LogP contribution in [-0.4, -0.2) is 51.4 Å².